The van der Waals surface area contributed by atoms with Gasteiger partial charge in [-0.15, -0.1) is 11.8 Å². The summed E-state index contributed by atoms with van der Waals surface area (Å²) in [5.41, 5.74) is 6.74. The van der Waals surface area contributed by atoms with Crippen LogP contribution in [0.5, 0.6) is 0 Å². The maximum atomic E-state index is 12.6. The first kappa shape index (κ1) is 20.8. The van der Waals surface area contributed by atoms with E-state index in [9.17, 15) is 4.79 Å². The number of pyridine rings is 2. The fourth-order valence-electron chi connectivity index (χ4n) is 3.37. The number of nitrogens with one attached hydrogen (secondary N) is 1. The standard InChI is InChI=1S/C26H23N3OS/c1-18-8-9-22(16-25(18)31-2)26(30)29-17-23-14-20(10-12-27-23)21-11-13-28-24(15-21)19-6-4-3-5-7-19/h3-16H,17H2,1-2H3,(H,29,30). The molecule has 0 spiro atoms. The van der Waals surface area contributed by atoms with Crippen LogP contribution < -0.4 is 5.32 Å². The molecule has 1 N–H and O–H groups in total. The van der Waals surface area contributed by atoms with Crippen LogP contribution in [-0.2, 0) is 6.54 Å². The Morgan fingerprint density at radius 3 is 2.39 bits per heavy atom. The maximum Gasteiger partial charge on any atom is 0.251 e. The molecule has 0 bridgehead atoms. The molecule has 0 aliphatic carbocycles. The van der Waals surface area contributed by atoms with Crippen LogP contribution in [0.25, 0.3) is 22.4 Å². The Hall–Kier alpha value is -3.44. The van der Waals surface area contributed by atoms with Gasteiger partial charge < -0.3 is 5.32 Å². The lowest BCUT2D eigenvalue weighted by Gasteiger charge is -2.09. The van der Waals surface area contributed by atoms with E-state index >= 15 is 0 Å². The number of benzene rings is 2. The second-order valence-corrected chi connectivity index (χ2v) is 8.05. The molecule has 2 heterocycles. The summed E-state index contributed by atoms with van der Waals surface area (Å²) in [6, 6.07) is 23.9. The van der Waals surface area contributed by atoms with E-state index in [1.54, 1.807) is 18.0 Å². The van der Waals surface area contributed by atoms with Crippen LogP contribution >= 0.6 is 11.8 Å². The van der Waals surface area contributed by atoms with Gasteiger partial charge in [0.05, 0.1) is 17.9 Å². The summed E-state index contributed by atoms with van der Waals surface area (Å²) >= 11 is 1.64. The van der Waals surface area contributed by atoms with E-state index in [1.807, 2.05) is 86.1 Å². The monoisotopic (exact) mass is 425 g/mol. The van der Waals surface area contributed by atoms with Crippen LogP contribution in [0.2, 0.25) is 0 Å². The van der Waals surface area contributed by atoms with E-state index in [0.29, 0.717) is 12.1 Å². The summed E-state index contributed by atoms with van der Waals surface area (Å²) in [7, 11) is 0. The predicted molar refractivity (Wildman–Crippen MR) is 127 cm³/mol. The normalized spacial score (nSPS) is 10.6. The van der Waals surface area contributed by atoms with Crippen molar-refractivity contribution in [1.82, 2.24) is 15.3 Å². The van der Waals surface area contributed by atoms with Gasteiger partial charge in [-0.25, -0.2) is 0 Å². The minimum absolute atomic E-state index is 0.0993. The number of amides is 1. The zero-order valence-electron chi connectivity index (χ0n) is 17.5. The first-order valence-electron chi connectivity index (χ1n) is 10.0. The molecule has 0 saturated carbocycles. The molecule has 2 aromatic heterocycles. The first-order valence-corrected chi connectivity index (χ1v) is 11.3. The molecule has 2 aromatic carbocycles. The molecule has 0 aliphatic heterocycles. The van der Waals surface area contributed by atoms with E-state index in [-0.39, 0.29) is 5.91 Å². The lowest BCUT2D eigenvalue weighted by atomic mass is 10.0. The molecule has 4 nitrogen and oxygen atoms in total. The quantitative estimate of drug-likeness (QED) is 0.398. The van der Waals surface area contributed by atoms with Crippen molar-refractivity contribution in [3.8, 4) is 22.4 Å². The fraction of sp³-hybridized carbons (Fsp3) is 0.115. The zero-order valence-corrected chi connectivity index (χ0v) is 18.3. The number of thioether (sulfide) groups is 1. The Labute approximate surface area is 186 Å². The van der Waals surface area contributed by atoms with Crippen LogP contribution in [0.1, 0.15) is 21.6 Å². The van der Waals surface area contributed by atoms with Gasteiger partial charge >= 0.3 is 0 Å². The highest BCUT2D eigenvalue weighted by molar-refractivity contribution is 7.98. The SMILES string of the molecule is CSc1cc(C(=O)NCc2cc(-c3ccnc(-c4ccccc4)c3)ccn2)ccc1C. The number of hydrogen-bond acceptors (Lipinski definition) is 4. The summed E-state index contributed by atoms with van der Waals surface area (Å²) in [6.45, 7) is 2.41. The summed E-state index contributed by atoms with van der Waals surface area (Å²) in [5.74, 6) is -0.0993. The number of hydrogen-bond donors (Lipinski definition) is 1. The van der Waals surface area contributed by atoms with Gasteiger partial charge in [0.1, 0.15) is 0 Å². The van der Waals surface area contributed by atoms with Crippen molar-refractivity contribution in [3.05, 3.63) is 102 Å². The molecule has 0 aliphatic rings. The minimum Gasteiger partial charge on any atom is -0.346 e. The molecule has 5 heteroatoms. The zero-order chi connectivity index (χ0) is 21.6. The van der Waals surface area contributed by atoms with Crippen molar-refractivity contribution in [3.63, 3.8) is 0 Å². The van der Waals surface area contributed by atoms with Crippen molar-refractivity contribution >= 4 is 17.7 Å². The van der Waals surface area contributed by atoms with Gasteiger partial charge in [0.25, 0.3) is 5.91 Å². The number of rotatable bonds is 6. The summed E-state index contributed by atoms with van der Waals surface area (Å²) < 4.78 is 0. The molecule has 31 heavy (non-hydrogen) atoms. The van der Waals surface area contributed by atoms with Crippen LogP contribution in [0.3, 0.4) is 0 Å². The highest BCUT2D eigenvalue weighted by Gasteiger charge is 2.09. The van der Waals surface area contributed by atoms with Gasteiger partial charge in [0.2, 0.25) is 0 Å². The first-order chi connectivity index (χ1) is 15.1. The summed E-state index contributed by atoms with van der Waals surface area (Å²) in [4.78, 5) is 22.6. The lowest BCUT2D eigenvalue weighted by Crippen LogP contribution is -2.23. The molecule has 154 valence electrons. The van der Waals surface area contributed by atoms with Crippen molar-refractivity contribution in [1.29, 1.82) is 0 Å². The smallest absolute Gasteiger partial charge is 0.251 e. The van der Waals surface area contributed by atoms with E-state index in [2.05, 4.69) is 21.4 Å². The molecule has 0 unspecified atom stereocenters. The Bertz CT molecular complexity index is 1210. The minimum atomic E-state index is -0.0993. The number of aryl methyl sites for hydroxylation is 1. The van der Waals surface area contributed by atoms with E-state index in [4.69, 9.17) is 0 Å². The molecular formula is C26H23N3OS. The van der Waals surface area contributed by atoms with Gasteiger partial charge in [-0.1, -0.05) is 36.4 Å². The maximum absolute atomic E-state index is 12.6. The van der Waals surface area contributed by atoms with Crippen molar-refractivity contribution < 1.29 is 4.79 Å². The molecule has 0 atom stereocenters. The highest BCUT2D eigenvalue weighted by Crippen LogP contribution is 2.25. The third-order valence-corrected chi connectivity index (χ3v) is 5.96. The number of carbonyl (C=O) groups excluding carboxylic acids is 1. The molecule has 1 amide bonds. The van der Waals surface area contributed by atoms with E-state index < -0.39 is 0 Å². The Kier molecular flexibility index (Phi) is 6.43. The second-order valence-electron chi connectivity index (χ2n) is 7.20. The molecule has 0 saturated heterocycles. The van der Waals surface area contributed by atoms with Crippen LogP contribution in [0, 0.1) is 6.92 Å². The van der Waals surface area contributed by atoms with Crippen LogP contribution in [0.4, 0.5) is 0 Å². The molecule has 4 rings (SSSR count). The van der Waals surface area contributed by atoms with Gasteiger partial charge in [0.15, 0.2) is 0 Å². The Balaban J connectivity index is 1.50. The number of nitrogens with zero attached hydrogens (tertiary/aromatic N) is 2. The fourth-order valence-corrected chi connectivity index (χ4v) is 4.00. The van der Waals surface area contributed by atoms with Crippen LogP contribution in [0.15, 0.2) is 90.1 Å². The highest BCUT2D eigenvalue weighted by atomic mass is 32.2. The summed E-state index contributed by atoms with van der Waals surface area (Å²) in [5, 5.41) is 2.98. The largest absolute Gasteiger partial charge is 0.346 e. The van der Waals surface area contributed by atoms with Crippen LogP contribution in [-0.4, -0.2) is 22.1 Å². The second kappa shape index (κ2) is 9.58. The Morgan fingerprint density at radius 1 is 0.871 bits per heavy atom. The van der Waals surface area contributed by atoms with Gasteiger partial charge in [-0.2, -0.15) is 0 Å². The van der Waals surface area contributed by atoms with Crippen molar-refractivity contribution in [2.24, 2.45) is 0 Å². The average molecular weight is 426 g/mol. The third-order valence-electron chi connectivity index (χ3n) is 5.08. The van der Waals surface area contributed by atoms with Gasteiger partial charge in [-0.3, -0.25) is 14.8 Å². The number of aromatic nitrogens is 2. The molecular weight excluding hydrogens is 402 g/mol. The topological polar surface area (TPSA) is 54.9 Å². The average Bonchev–Trinajstić information content (AvgIpc) is 2.83. The molecule has 0 fully saturated rings. The van der Waals surface area contributed by atoms with E-state index in [1.165, 1.54) is 5.56 Å². The van der Waals surface area contributed by atoms with Crippen molar-refractivity contribution in [2.75, 3.05) is 6.26 Å². The predicted octanol–water partition coefficient (Wildman–Crippen LogP) is 5.77. The van der Waals surface area contributed by atoms with Gasteiger partial charge in [0, 0.05) is 28.4 Å². The third kappa shape index (κ3) is 5.01. The molecule has 4 aromatic rings. The van der Waals surface area contributed by atoms with Gasteiger partial charge in [-0.05, 0) is 66.3 Å². The Morgan fingerprint density at radius 2 is 1.61 bits per heavy atom. The summed E-state index contributed by atoms with van der Waals surface area (Å²) in [6.07, 6.45) is 5.61. The lowest BCUT2D eigenvalue weighted by molar-refractivity contribution is 0.0950. The number of carbonyl (C=O) groups is 1. The van der Waals surface area contributed by atoms with Crippen molar-refractivity contribution in [2.45, 2.75) is 18.4 Å². The van der Waals surface area contributed by atoms with E-state index in [0.717, 1.165) is 33.0 Å². The molecule has 0 radical (unpaired) electrons.